The molecular formula is C13H24N2O2. The Morgan fingerprint density at radius 3 is 2.71 bits per heavy atom. The third-order valence-corrected chi connectivity index (χ3v) is 4.13. The summed E-state index contributed by atoms with van der Waals surface area (Å²) in [6, 6.07) is 1.56. The first-order valence-electron chi connectivity index (χ1n) is 6.83. The van der Waals surface area contributed by atoms with Gasteiger partial charge in [0.1, 0.15) is 0 Å². The van der Waals surface area contributed by atoms with Gasteiger partial charge in [0.05, 0.1) is 6.42 Å². The topological polar surface area (TPSA) is 43.8 Å². The summed E-state index contributed by atoms with van der Waals surface area (Å²) in [6.45, 7) is 7.47. The quantitative estimate of drug-likeness (QED) is 0.762. The molecule has 4 heteroatoms. The lowest BCUT2D eigenvalue weighted by molar-refractivity contribution is -0.138. The zero-order chi connectivity index (χ0) is 12.4. The molecule has 4 nitrogen and oxygen atoms in total. The van der Waals surface area contributed by atoms with Crippen molar-refractivity contribution in [3.8, 4) is 0 Å². The van der Waals surface area contributed by atoms with Crippen molar-refractivity contribution in [3.05, 3.63) is 0 Å². The molecule has 2 rings (SSSR count). The van der Waals surface area contributed by atoms with E-state index in [0.717, 1.165) is 19.1 Å². The minimum absolute atomic E-state index is 0.154. The molecule has 1 saturated carbocycles. The van der Waals surface area contributed by atoms with Gasteiger partial charge in [-0.25, -0.2) is 0 Å². The predicted molar refractivity (Wildman–Crippen MR) is 67.1 cm³/mol. The number of likely N-dealkylation sites (tertiary alicyclic amines) is 1. The van der Waals surface area contributed by atoms with Crippen molar-refractivity contribution in [2.75, 3.05) is 19.6 Å². The second kappa shape index (κ2) is 5.36. The average molecular weight is 240 g/mol. The van der Waals surface area contributed by atoms with Crippen molar-refractivity contribution in [1.29, 1.82) is 0 Å². The van der Waals surface area contributed by atoms with Gasteiger partial charge < -0.3 is 5.11 Å². The van der Waals surface area contributed by atoms with Gasteiger partial charge in [-0.2, -0.15) is 0 Å². The van der Waals surface area contributed by atoms with E-state index in [-0.39, 0.29) is 12.5 Å². The van der Waals surface area contributed by atoms with Crippen LogP contribution in [0.25, 0.3) is 0 Å². The maximum Gasteiger partial charge on any atom is 0.304 e. The molecule has 0 aromatic carbocycles. The summed E-state index contributed by atoms with van der Waals surface area (Å²) >= 11 is 0. The molecule has 1 N–H and O–H groups in total. The van der Waals surface area contributed by atoms with E-state index >= 15 is 0 Å². The highest BCUT2D eigenvalue weighted by molar-refractivity contribution is 5.67. The molecule has 2 fully saturated rings. The van der Waals surface area contributed by atoms with Gasteiger partial charge in [-0.15, -0.1) is 0 Å². The van der Waals surface area contributed by atoms with Crippen molar-refractivity contribution in [2.45, 2.75) is 57.7 Å². The van der Waals surface area contributed by atoms with E-state index in [1.54, 1.807) is 0 Å². The van der Waals surface area contributed by atoms with Gasteiger partial charge in [-0.1, -0.05) is 6.92 Å². The zero-order valence-corrected chi connectivity index (χ0v) is 10.9. The molecule has 2 unspecified atom stereocenters. The molecule has 0 amide bonds. The van der Waals surface area contributed by atoms with Crippen molar-refractivity contribution < 1.29 is 9.90 Å². The van der Waals surface area contributed by atoms with Crippen molar-refractivity contribution in [1.82, 2.24) is 9.80 Å². The molecule has 1 aliphatic heterocycles. The first-order chi connectivity index (χ1) is 8.11. The second-order valence-electron chi connectivity index (χ2n) is 5.45. The Labute approximate surface area is 104 Å². The Hall–Kier alpha value is -0.610. The maximum atomic E-state index is 10.8. The Kier molecular flexibility index (Phi) is 4.05. The van der Waals surface area contributed by atoms with Gasteiger partial charge in [-0.05, 0) is 32.7 Å². The van der Waals surface area contributed by atoms with Crippen LogP contribution in [0.2, 0.25) is 0 Å². The summed E-state index contributed by atoms with van der Waals surface area (Å²) in [5, 5.41) is 8.88. The van der Waals surface area contributed by atoms with E-state index in [1.807, 2.05) is 6.92 Å². The number of likely N-dealkylation sites (N-methyl/N-ethyl adjacent to an activating group) is 1. The molecule has 0 bridgehead atoms. The lowest BCUT2D eigenvalue weighted by Gasteiger charge is -2.32. The van der Waals surface area contributed by atoms with Crippen molar-refractivity contribution in [3.63, 3.8) is 0 Å². The smallest absolute Gasteiger partial charge is 0.304 e. The molecule has 1 heterocycles. The van der Waals surface area contributed by atoms with Gasteiger partial charge in [0.25, 0.3) is 0 Å². The molecule has 0 aromatic heterocycles. The van der Waals surface area contributed by atoms with Crippen LogP contribution in [0.3, 0.4) is 0 Å². The highest BCUT2D eigenvalue weighted by atomic mass is 16.4. The summed E-state index contributed by atoms with van der Waals surface area (Å²) in [5.74, 6) is -0.687. The number of carboxylic acids is 1. The van der Waals surface area contributed by atoms with Gasteiger partial charge in [-0.3, -0.25) is 14.6 Å². The van der Waals surface area contributed by atoms with E-state index in [1.165, 1.54) is 25.8 Å². The Bertz CT molecular complexity index is 279. The fourth-order valence-corrected chi connectivity index (χ4v) is 3.11. The minimum Gasteiger partial charge on any atom is -0.481 e. The highest BCUT2D eigenvalue weighted by Crippen LogP contribution is 2.31. The number of carbonyl (C=O) groups is 1. The predicted octanol–water partition coefficient (Wildman–Crippen LogP) is 1.41. The van der Waals surface area contributed by atoms with Crippen LogP contribution in [0.4, 0.5) is 0 Å². The van der Waals surface area contributed by atoms with E-state index in [2.05, 4.69) is 16.7 Å². The van der Waals surface area contributed by atoms with Gasteiger partial charge in [0, 0.05) is 31.2 Å². The lowest BCUT2D eigenvalue weighted by Crippen LogP contribution is -2.44. The highest BCUT2D eigenvalue weighted by Gasteiger charge is 2.37. The number of carboxylic acid groups (broad SMARTS) is 1. The van der Waals surface area contributed by atoms with E-state index in [4.69, 9.17) is 5.11 Å². The van der Waals surface area contributed by atoms with Crippen LogP contribution in [-0.4, -0.2) is 58.6 Å². The van der Waals surface area contributed by atoms with Gasteiger partial charge in [0.2, 0.25) is 0 Å². The second-order valence-corrected chi connectivity index (χ2v) is 5.45. The van der Waals surface area contributed by atoms with Crippen LogP contribution in [0.15, 0.2) is 0 Å². The lowest BCUT2D eigenvalue weighted by atomic mass is 10.1. The van der Waals surface area contributed by atoms with E-state index < -0.39 is 5.97 Å². The number of hydrogen-bond acceptors (Lipinski definition) is 3. The average Bonchev–Trinajstić information content (AvgIpc) is 2.99. The van der Waals surface area contributed by atoms with Crippen LogP contribution < -0.4 is 0 Å². The summed E-state index contributed by atoms with van der Waals surface area (Å²) in [4.78, 5) is 15.7. The van der Waals surface area contributed by atoms with Gasteiger partial charge in [0.15, 0.2) is 0 Å². The normalized spacial score (nSPS) is 27.6. The molecular weight excluding hydrogens is 216 g/mol. The Balaban J connectivity index is 1.87. The van der Waals surface area contributed by atoms with E-state index in [0.29, 0.717) is 6.04 Å². The monoisotopic (exact) mass is 240 g/mol. The van der Waals surface area contributed by atoms with Crippen LogP contribution in [0.5, 0.6) is 0 Å². The molecule has 2 atom stereocenters. The fraction of sp³-hybridized carbons (Fsp3) is 0.923. The summed E-state index contributed by atoms with van der Waals surface area (Å²) in [7, 11) is 0. The number of hydrogen-bond donors (Lipinski definition) is 1. The zero-order valence-electron chi connectivity index (χ0n) is 10.9. The van der Waals surface area contributed by atoms with Gasteiger partial charge >= 0.3 is 5.97 Å². The third kappa shape index (κ3) is 3.19. The van der Waals surface area contributed by atoms with Crippen LogP contribution in [-0.2, 0) is 4.79 Å². The number of rotatable bonds is 6. The maximum absolute atomic E-state index is 10.8. The summed E-state index contributed by atoms with van der Waals surface area (Å²) in [5.41, 5.74) is 0. The Morgan fingerprint density at radius 2 is 2.18 bits per heavy atom. The molecule has 0 aromatic rings. The molecule has 2 aliphatic rings. The van der Waals surface area contributed by atoms with Crippen molar-refractivity contribution >= 4 is 5.97 Å². The number of nitrogens with zero attached hydrogens (tertiary/aromatic N) is 2. The standard InChI is InChI=1S/C13H24N2O2/c1-3-15(10(2)8-13(16)17)12-6-7-14(9-12)11-4-5-11/h10-12H,3-9H2,1-2H3,(H,16,17). The van der Waals surface area contributed by atoms with E-state index in [9.17, 15) is 4.79 Å². The molecule has 17 heavy (non-hydrogen) atoms. The van der Waals surface area contributed by atoms with Crippen LogP contribution in [0, 0.1) is 0 Å². The largest absolute Gasteiger partial charge is 0.481 e. The fourth-order valence-electron chi connectivity index (χ4n) is 3.11. The Morgan fingerprint density at radius 1 is 1.47 bits per heavy atom. The van der Waals surface area contributed by atoms with Crippen molar-refractivity contribution in [2.24, 2.45) is 0 Å². The molecule has 0 spiro atoms. The first-order valence-corrected chi connectivity index (χ1v) is 6.83. The molecule has 98 valence electrons. The van der Waals surface area contributed by atoms with Crippen LogP contribution in [0.1, 0.15) is 39.5 Å². The number of aliphatic carboxylic acids is 1. The SMILES string of the molecule is CCN(C(C)CC(=O)O)C1CCN(C2CC2)C1. The molecule has 1 aliphatic carbocycles. The molecule has 0 radical (unpaired) electrons. The minimum atomic E-state index is -0.687. The van der Waals surface area contributed by atoms with Crippen LogP contribution >= 0.6 is 0 Å². The summed E-state index contributed by atoms with van der Waals surface area (Å²) < 4.78 is 0. The summed E-state index contributed by atoms with van der Waals surface area (Å²) in [6.07, 6.45) is 4.19. The third-order valence-electron chi connectivity index (χ3n) is 4.13. The first kappa shape index (κ1) is 12.8. The molecule has 1 saturated heterocycles.